The summed E-state index contributed by atoms with van der Waals surface area (Å²) in [5.41, 5.74) is 8.65. The van der Waals surface area contributed by atoms with Crippen molar-refractivity contribution in [1.29, 1.82) is 0 Å². The Bertz CT molecular complexity index is 994. The number of nitrogens with zero attached hydrogens (tertiary/aromatic N) is 2. The van der Waals surface area contributed by atoms with Crippen molar-refractivity contribution in [2.45, 2.75) is 59.3 Å². The van der Waals surface area contributed by atoms with E-state index in [0.29, 0.717) is 0 Å². The molecule has 2 heterocycles. The summed E-state index contributed by atoms with van der Waals surface area (Å²) in [5.74, 6) is 0. The van der Waals surface area contributed by atoms with E-state index >= 15 is 0 Å². The van der Waals surface area contributed by atoms with E-state index in [-0.39, 0.29) is 10.8 Å². The van der Waals surface area contributed by atoms with Crippen molar-refractivity contribution in [3.63, 3.8) is 0 Å². The molecule has 0 saturated carbocycles. The molecule has 0 unspecified atom stereocenters. The first kappa shape index (κ1) is 31.0. The fourth-order valence-corrected chi connectivity index (χ4v) is 2.82. The van der Waals surface area contributed by atoms with Crippen molar-refractivity contribution < 1.29 is 17.9 Å². The van der Waals surface area contributed by atoms with Gasteiger partial charge in [-0.25, -0.2) is 0 Å². The average Bonchev–Trinajstić information content (AvgIpc) is 2.81. The van der Waals surface area contributed by atoms with E-state index in [4.69, 9.17) is 4.98 Å². The van der Waals surface area contributed by atoms with Gasteiger partial charge in [-0.15, -0.1) is 41.6 Å². The van der Waals surface area contributed by atoms with Gasteiger partial charge in [-0.2, -0.15) is 6.92 Å². The molecule has 0 bridgehead atoms. The number of hydrogen-bond donors (Lipinski definition) is 0. The summed E-state index contributed by atoms with van der Waals surface area (Å²) in [6.45, 7) is 24.6. The second-order valence-corrected chi connectivity index (χ2v) is 9.08. The molecule has 0 saturated heterocycles. The molecule has 0 fully saturated rings. The molecule has 0 amide bonds. The first-order valence-electron chi connectivity index (χ1n) is 10.7. The van der Waals surface area contributed by atoms with Crippen molar-refractivity contribution >= 4 is 9.58 Å². The van der Waals surface area contributed by atoms with Gasteiger partial charge in [0.2, 0.25) is 0 Å². The van der Waals surface area contributed by atoms with Gasteiger partial charge in [0.05, 0.1) is 11.4 Å². The minimum atomic E-state index is 0.0306. The molecule has 33 heavy (non-hydrogen) atoms. The summed E-state index contributed by atoms with van der Waals surface area (Å²) in [6.07, 6.45) is 1.88. The zero-order valence-corrected chi connectivity index (χ0v) is 24.1. The second-order valence-electron chi connectivity index (χ2n) is 9.08. The summed E-state index contributed by atoms with van der Waals surface area (Å²) in [6, 6.07) is 19.9. The molecule has 2 aromatic heterocycles. The minimum absolute atomic E-state index is 0.0306. The van der Waals surface area contributed by atoms with Crippen LogP contribution >= 0.6 is 9.58 Å². The Morgan fingerprint density at radius 2 is 1.36 bits per heavy atom. The van der Waals surface area contributed by atoms with Crippen LogP contribution in [-0.4, -0.2) is 9.97 Å². The third-order valence-corrected chi connectivity index (χ3v) is 4.56. The number of hydrogen-bond acceptors (Lipinski definition) is 2. The van der Waals surface area contributed by atoms with Crippen LogP contribution in [0.4, 0.5) is 0 Å². The van der Waals surface area contributed by atoms with Gasteiger partial charge in [0.15, 0.2) is 0 Å². The quantitative estimate of drug-likeness (QED) is 0.207. The van der Waals surface area contributed by atoms with Gasteiger partial charge in [0.25, 0.3) is 0 Å². The van der Waals surface area contributed by atoms with Crippen LogP contribution in [0.5, 0.6) is 0 Å². The molecular formula is C29H36ClIrN2. The van der Waals surface area contributed by atoms with E-state index in [1.165, 1.54) is 29.0 Å². The molecule has 1 aromatic carbocycles. The van der Waals surface area contributed by atoms with Crippen LogP contribution in [0.25, 0.3) is 22.6 Å². The molecule has 3 rings (SSSR count). The number of rotatable bonds is 2. The summed E-state index contributed by atoms with van der Waals surface area (Å²) in [5, 5.41) is 0. The summed E-state index contributed by atoms with van der Waals surface area (Å²) < 4.78 is 0. The SMILES string of the molecule is C=C=C.CC(C)(C)c1ccnc(-c2cc(C(C)(C)C)cc(-c3[c-]cccc3)n2)c1.[CH2-]C.[Cl][Ir+2]. The van der Waals surface area contributed by atoms with Crippen LogP contribution < -0.4 is 0 Å². The van der Waals surface area contributed by atoms with Gasteiger partial charge in [0.1, 0.15) is 0 Å². The Labute approximate surface area is 216 Å². The first-order chi connectivity index (χ1) is 15.6. The van der Waals surface area contributed by atoms with Crippen LogP contribution in [0, 0.1) is 13.0 Å². The van der Waals surface area contributed by atoms with Gasteiger partial charge >= 0.3 is 27.5 Å². The second kappa shape index (κ2) is 15.0. The van der Waals surface area contributed by atoms with Crippen LogP contribution in [0.15, 0.2) is 73.6 Å². The normalized spacial score (nSPS) is 10.2. The maximum atomic E-state index is 4.92. The molecule has 178 valence electrons. The first-order valence-corrected chi connectivity index (χ1v) is 13.6. The Hall–Kier alpha value is -2.02. The molecule has 0 radical (unpaired) electrons. The van der Waals surface area contributed by atoms with E-state index in [2.05, 4.69) is 118 Å². The van der Waals surface area contributed by atoms with Gasteiger partial charge in [-0.05, 0) is 45.8 Å². The molecule has 0 N–H and O–H groups in total. The van der Waals surface area contributed by atoms with Crippen molar-refractivity contribution in [2.75, 3.05) is 0 Å². The number of pyridine rings is 2. The van der Waals surface area contributed by atoms with Crippen molar-refractivity contribution in [1.82, 2.24) is 9.97 Å². The van der Waals surface area contributed by atoms with Gasteiger partial charge in [-0.3, -0.25) is 9.97 Å². The zero-order chi connectivity index (χ0) is 25.7. The fourth-order valence-electron chi connectivity index (χ4n) is 2.82. The van der Waals surface area contributed by atoms with E-state index in [1.54, 1.807) is 6.92 Å². The Balaban J connectivity index is 0.00000132. The third kappa shape index (κ3) is 10.2. The maximum absolute atomic E-state index is 4.92. The predicted octanol–water partition coefficient (Wildman–Crippen LogP) is 8.69. The Kier molecular flexibility index (Phi) is 14.1. The number of halogens is 1. The molecule has 0 spiro atoms. The summed E-state index contributed by atoms with van der Waals surface area (Å²) in [7, 11) is 4.64. The molecule has 0 aliphatic carbocycles. The Morgan fingerprint density at radius 3 is 1.85 bits per heavy atom. The molecule has 0 aliphatic heterocycles. The number of benzene rings is 1. The standard InChI is InChI=1S/C24H27N2.C3H4.C2H5.ClH.Ir/c1-23(2,3)18-12-13-25-21(14-18)22-16-19(24(4,5)6)15-20(26-22)17-10-8-7-9-11-17;1-3-2;1-2;;/h7-10,12-16H,1-6H3;1-2H2;1H2,2H3;1H;/q-1;;-1;;+3/p-1. The number of aromatic nitrogens is 2. The van der Waals surface area contributed by atoms with Crippen LogP contribution in [0.3, 0.4) is 0 Å². The van der Waals surface area contributed by atoms with E-state index in [0.717, 1.165) is 22.6 Å². The van der Waals surface area contributed by atoms with E-state index in [1.807, 2.05) is 24.4 Å². The van der Waals surface area contributed by atoms with Crippen LogP contribution in [0.2, 0.25) is 0 Å². The molecule has 2 nitrogen and oxygen atoms in total. The fraction of sp³-hybridized carbons (Fsp3) is 0.310. The van der Waals surface area contributed by atoms with Crippen LogP contribution in [-0.2, 0) is 28.7 Å². The van der Waals surface area contributed by atoms with E-state index in [9.17, 15) is 0 Å². The molecule has 4 heteroatoms. The molecule has 0 atom stereocenters. The molecular weight excluding hydrogens is 604 g/mol. The van der Waals surface area contributed by atoms with Gasteiger partial charge < -0.3 is 6.92 Å². The predicted molar refractivity (Wildman–Crippen MR) is 141 cm³/mol. The topological polar surface area (TPSA) is 25.8 Å². The van der Waals surface area contributed by atoms with Crippen LogP contribution in [0.1, 0.15) is 59.6 Å². The van der Waals surface area contributed by atoms with Gasteiger partial charge in [0, 0.05) is 6.20 Å². The molecule has 0 aliphatic rings. The van der Waals surface area contributed by atoms with Crippen molar-refractivity contribution in [3.05, 3.63) is 97.7 Å². The zero-order valence-electron chi connectivity index (χ0n) is 20.9. The van der Waals surface area contributed by atoms with Crippen molar-refractivity contribution in [2.24, 2.45) is 0 Å². The monoisotopic (exact) mass is 640 g/mol. The van der Waals surface area contributed by atoms with Gasteiger partial charge in [-0.1, -0.05) is 60.8 Å². The molecule has 3 aromatic rings. The van der Waals surface area contributed by atoms with E-state index < -0.39 is 0 Å². The third-order valence-electron chi connectivity index (χ3n) is 4.56. The summed E-state index contributed by atoms with van der Waals surface area (Å²) in [4.78, 5) is 9.53. The van der Waals surface area contributed by atoms with Crippen molar-refractivity contribution in [3.8, 4) is 22.6 Å². The Morgan fingerprint density at radius 1 is 0.848 bits per heavy atom. The summed E-state index contributed by atoms with van der Waals surface area (Å²) >= 11 is 1.47. The average molecular weight is 640 g/mol.